The molecule has 0 amide bonds. The van der Waals surface area contributed by atoms with Crippen molar-refractivity contribution in [1.82, 2.24) is 0 Å². The van der Waals surface area contributed by atoms with Crippen molar-refractivity contribution < 1.29 is 0 Å². The van der Waals surface area contributed by atoms with Crippen molar-refractivity contribution in [3.8, 4) is 0 Å². The van der Waals surface area contributed by atoms with Crippen molar-refractivity contribution in [2.75, 3.05) is 0 Å². The zero-order valence-electron chi connectivity index (χ0n) is 6.27. The lowest BCUT2D eigenvalue weighted by Gasteiger charge is -2.22. The molecule has 0 nitrogen and oxygen atoms in total. The van der Waals surface area contributed by atoms with Crippen molar-refractivity contribution in [2.45, 2.75) is 26.1 Å². The first-order chi connectivity index (χ1) is 4.11. The molecule has 0 fully saturated rings. The van der Waals surface area contributed by atoms with Gasteiger partial charge in [0.05, 0.1) is 8.07 Å². The Labute approximate surface area is 62.7 Å². The first kappa shape index (κ1) is 7.41. The summed E-state index contributed by atoms with van der Waals surface area (Å²) >= 11 is 1.95. The van der Waals surface area contributed by atoms with E-state index in [1.807, 2.05) is 11.8 Å². The molecule has 0 aliphatic carbocycles. The van der Waals surface area contributed by atoms with Crippen LogP contribution in [0.25, 0.3) is 0 Å². The Morgan fingerprint density at radius 3 is 2.33 bits per heavy atom. The van der Waals surface area contributed by atoms with Gasteiger partial charge < -0.3 is 0 Å². The first-order valence-electron chi connectivity index (χ1n) is 3.28. The summed E-state index contributed by atoms with van der Waals surface area (Å²) in [6, 6.07) is 0. The van der Waals surface area contributed by atoms with E-state index in [-0.39, 0.29) is 0 Å². The highest BCUT2D eigenvalue weighted by Gasteiger charge is 2.28. The third-order valence-corrected chi connectivity index (χ3v) is 6.29. The summed E-state index contributed by atoms with van der Waals surface area (Å²) in [5, 5.41) is 2.22. The summed E-state index contributed by atoms with van der Waals surface area (Å²) in [5.74, 6) is 0. The number of thioether (sulfide) groups is 1. The molecule has 1 radical (unpaired) electrons. The second kappa shape index (κ2) is 2.50. The van der Waals surface area contributed by atoms with Crippen LogP contribution in [0.3, 0.4) is 0 Å². The highest BCUT2D eigenvalue weighted by atomic mass is 32.2. The minimum absolute atomic E-state index is 0.907. The van der Waals surface area contributed by atoms with Crippen molar-refractivity contribution in [2.24, 2.45) is 0 Å². The van der Waals surface area contributed by atoms with Gasteiger partial charge in [0.1, 0.15) is 0 Å². The molecule has 9 heavy (non-hydrogen) atoms. The Balaban J connectivity index is 2.46. The van der Waals surface area contributed by atoms with E-state index >= 15 is 0 Å². The van der Waals surface area contributed by atoms with Crippen LogP contribution in [0, 0.1) is 4.87 Å². The van der Waals surface area contributed by atoms with Gasteiger partial charge in [0, 0.05) is 4.87 Å². The highest BCUT2D eigenvalue weighted by Crippen LogP contribution is 2.38. The summed E-state index contributed by atoms with van der Waals surface area (Å²) in [5.41, 5.74) is 0. The summed E-state index contributed by atoms with van der Waals surface area (Å²) in [7, 11) is -0.907. The van der Waals surface area contributed by atoms with E-state index in [9.17, 15) is 0 Å². The van der Waals surface area contributed by atoms with E-state index < -0.39 is 8.07 Å². The van der Waals surface area contributed by atoms with E-state index in [2.05, 4.69) is 31.1 Å². The van der Waals surface area contributed by atoms with Crippen LogP contribution >= 0.6 is 11.8 Å². The van der Waals surface area contributed by atoms with Crippen LogP contribution in [0.5, 0.6) is 0 Å². The molecule has 2 heteroatoms. The lowest BCUT2D eigenvalue weighted by atomic mass is 10.5. The van der Waals surface area contributed by atoms with Gasteiger partial charge in [0.25, 0.3) is 0 Å². The molecular weight excluding hydrogens is 144 g/mol. The Hall–Kier alpha value is 0.307. The van der Waals surface area contributed by atoms with Gasteiger partial charge in [-0.05, 0) is 11.8 Å². The van der Waals surface area contributed by atoms with Crippen LogP contribution < -0.4 is 0 Å². The van der Waals surface area contributed by atoms with Crippen LogP contribution in [0.15, 0.2) is 11.5 Å². The number of hydrogen-bond donors (Lipinski definition) is 0. The first-order valence-corrected chi connectivity index (χ1v) is 7.66. The second-order valence-corrected chi connectivity index (χ2v) is 9.83. The molecule has 0 bridgehead atoms. The number of allylic oxidation sites excluding steroid dienone is 1. The van der Waals surface area contributed by atoms with Crippen LogP contribution in [0.2, 0.25) is 19.6 Å². The molecule has 0 aromatic rings. The second-order valence-electron chi connectivity index (χ2n) is 3.37. The van der Waals surface area contributed by atoms with E-state index in [1.54, 1.807) is 4.87 Å². The van der Waals surface area contributed by atoms with Gasteiger partial charge in [-0.15, -0.1) is 11.8 Å². The van der Waals surface area contributed by atoms with Gasteiger partial charge in [-0.3, -0.25) is 0 Å². The molecule has 0 aromatic heterocycles. The van der Waals surface area contributed by atoms with Crippen molar-refractivity contribution in [1.29, 1.82) is 0 Å². The SMILES string of the molecule is C[Si](C)(C)[C]1CC=CS1. The molecule has 0 unspecified atom stereocenters. The molecule has 0 spiro atoms. The minimum Gasteiger partial charge on any atom is -0.129 e. The fourth-order valence-corrected chi connectivity index (χ4v) is 3.71. The normalized spacial score (nSPS) is 21.2. The van der Waals surface area contributed by atoms with Gasteiger partial charge in [-0.1, -0.05) is 25.7 Å². The van der Waals surface area contributed by atoms with Gasteiger partial charge >= 0.3 is 0 Å². The predicted molar refractivity (Wildman–Crippen MR) is 47.9 cm³/mol. The summed E-state index contributed by atoms with van der Waals surface area (Å²) < 4.78 is 0. The molecule has 0 N–H and O–H groups in total. The molecular formula is C7H13SSi. The van der Waals surface area contributed by atoms with Crippen LogP contribution in [-0.4, -0.2) is 8.07 Å². The number of hydrogen-bond acceptors (Lipinski definition) is 1. The topological polar surface area (TPSA) is 0 Å². The van der Waals surface area contributed by atoms with Gasteiger partial charge in [-0.2, -0.15) is 0 Å². The van der Waals surface area contributed by atoms with Crippen molar-refractivity contribution >= 4 is 19.8 Å². The van der Waals surface area contributed by atoms with Crippen LogP contribution in [0.4, 0.5) is 0 Å². The predicted octanol–water partition coefficient (Wildman–Crippen LogP) is 3.05. The molecule has 1 aliphatic rings. The fourth-order valence-electron chi connectivity index (χ4n) is 0.816. The quantitative estimate of drug-likeness (QED) is 0.527. The van der Waals surface area contributed by atoms with E-state index in [0.717, 1.165) is 0 Å². The average Bonchev–Trinajstić information content (AvgIpc) is 2.08. The van der Waals surface area contributed by atoms with Gasteiger partial charge in [-0.25, -0.2) is 0 Å². The molecule has 1 rings (SSSR count). The Bertz CT molecular complexity index is 115. The minimum atomic E-state index is -0.907. The molecule has 0 atom stereocenters. The maximum absolute atomic E-state index is 2.41. The zero-order chi connectivity index (χ0) is 6.91. The molecule has 51 valence electrons. The third kappa shape index (κ3) is 1.87. The van der Waals surface area contributed by atoms with Crippen LogP contribution in [-0.2, 0) is 0 Å². The Kier molecular flexibility index (Phi) is 2.06. The van der Waals surface area contributed by atoms with Gasteiger partial charge in [0.15, 0.2) is 0 Å². The summed E-state index contributed by atoms with van der Waals surface area (Å²) in [6.45, 7) is 7.22. The third-order valence-electron chi connectivity index (χ3n) is 1.45. The molecule has 0 saturated carbocycles. The number of rotatable bonds is 1. The standard InChI is InChI=1S/C7H13SSi/c1-9(2,3)7-5-4-6-8-7/h4,6H,5H2,1-3H3. The molecule has 1 heterocycles. The smallest absolute Gasteiger partial charge is 0.0649 e. The van der Waals surface area contributed by atoms with Gasteiger partial charge in [0.2, 0.25) is 0 Å². The van der Waals surface area contributed by atoms with Crippen molar-refractivity contribution in [3.63, 3.8) is 0 Å². The largest absolute Gasteiger partial charge is 0.129 e. The summed E-state index contributed by atoms with van der Waals surface area (Å²) in [4.78, 5) is 1.72. The van der Waals surface area contributed by atoms with E-state index in [4.69, 9.17) is 0 Å². The zero-order valence-corrected chi connectivity index (χ0v) is 8.09. The lowest BCUT2D eigenvalue weighted by Crippen LogP contribution is -2.26. The highest BCUT2D eigenvalue weighted by molar-refractivity contribution is 8.07. The van der Waals surface area contributed by atoms with E-state index in [0.29, 0.717) is 0 Å². The lowest BCUT2D eigenvalue weighted by molar-refractivity contribution is 1.29. The molecule has 0 saturated heterocycles. The fraction of sp³-hybridized carbons (Fsp3) is 0.571. The monoisotopic (exact) mass is 157 g/mol. The maximum atomic E-state index is 2.41. The van der Waals surface area contributed by atoms with Crippen LogP contribution in [0.1, 0.15) is 6.42 Å². The Morgan fingerprint density at radius 1 is 1.44 bits per heavy atom. The van der Waals surface area contributed by atoms with Crippen molar-refractivity contribution in [3.05, 3.63) is 16.4 Å². The van der Waals surface area contributed by atoms with E-state index in [1.165, 1.54) is 6.42 Å². The summed E-state index contributed by atoms with van der Waals surface area (Å²) in [6.07, 6.45) is 3.50. The molecule has 0 aromatic carbocycles. The molecule has 1 aliphatic heterocycles. The Morgan fingerprint density at radius 2 is 2.11 bits per heavy atom. The maximum Gasteiger partial charge on any atom is 0.0649 e. The average molecular weight is 157 g/mol.